The second kappa shape index (κ2) is 19.2. The number of allylic oxidation sites excluding steroid dienone is 2. The molecule has 0 saturated heterocycles. The number of rotatable bonds is 16. The third-order valence-electron chi connectivity index (χ3n) is 11.9. The maximum atomic E-state index is 12.3. The van der Waals surface area contributed by atoms with Gasteiger partial charge in [0, 0.05) is 0 Å². The Balaban J connectivity index is 1.04. The molecule has 4 rings (SSSR count). The van der Waals surface area contributed by atoms with Crippen LogP contribution >= 0.6 is 0 Å². The number of hydrogen-bond acceptors (Lipinski definition) is 3. The monoisotopic (exact) mass is 583 g/mol. The van der Waals surface area contributed by atoms with Crippen molar-refractivity contribution in [2.45, 2.75) is 168 Å². The Morgan fingerprint density at radius 1 is 0.571 bits per heavy atom. The standard InChI is InChI=1S/C39H66O3/c1-3-5-7-9-11-31-13-21-35(22-14-31)37-25-17-33(18-26-37)29-41-39(40)42-30-34-19-27-38(28-20-34)36-23-15-32(16-24-36)12-10-8-6-4-2/h17,19,31-32,35-38H,3-16,18,20-30H2,1-2H3. The van der Waals surface area contributed by atoms with Crippen LogP contribution in [0.3, 0.4) is 0 Å². The number of unbranched alkanes of at least 4 members (excludes halogenated alkanes) is 6. The van der Waals surface area contributed by atoms with E-state index in [0.717, 1.165) is 48.3 Å². The van der Waals surface area contributed by atoms with Crippen molar-refractivity contribution >= 4 is 6.16 Å². The summed E-state index contributed by atoms with van der Waals surface area (Å²) >= 11 is 0. The molecule has 0 N–H and O–H groups in total. The second-order valence-electron chi connectivity index (χ2n) is 14.9. The highest BCUT2D eigenvalue weighted by molar-refractivity contribution is 5.60. The molecule has 0 aromatic carbocycles. The average molecular weight is 583 g/mol. The minimum atomic E-state index is -0.490. The fourth-order valence-corrected chi connectivity index (χ4v) is 8.90. The van der Waals surface area contributed by atoms with Crippen LogP contribution < -0.4 is 0 Å². The van der Waals surface area contributed by atoms with E-state index in [2.05, 4.69) is 26.0 Å². The molecule has 2 atom stereocenters. The molecule has 3 heteroatoms. The lowest BCUT2D eigenvalue weighted by molar-refractivity contribution is 0.0655. The average Bonchev–Trinajstić information content (AvgIpc) is 3.04. The van der Waals surface area contributed by atoms with Gasteiger partial charge >= 0.3 is 6.16 Å². The van der Waals surface area contributed by atoms with E-state index in [1.165, 1.54) is 152 Å². The molecule has 0 bridgehead atoms. The van der Waals surface area contributed by atoms with Crippen LogP contribution in [0.25, 0.3) is 0 Å². The van der Waals surface area contributed by atoms with E-state index in [9.17, 15) is 4.79 Å². The molecule has 4 aliphatic rings. The molecule has 0 radical (unpaired) electrons. The lowest BCUT2D eigenvalue weighted by Gasteiger charge is -2.35. The van der Waals surface area contributed by atoms with Crippen molar-refractivity contribution in [1.29, 1.82) is 0 Å². The van der Waals surface area contributed by atoms with Crippen molar-refractivity contribution in [2.24, 2.45) is 35.5 Å². The first-order valence-corrected chi connectivity index (χ1v) is 18.8. The minimum absolute atomic E-state index is 0.415. The molecule has 0 aromatic heterocycles. The summed E-state index contributed by atoms with van der Waals surface area (Å²) in [5, 5.41) is 0. The van der Waals surface area contributed by atoms with E-state index >= 15 is 0 Å². The van der Waals surface area contributed by atoms with Crippen molar-refractivity contribution in [2.75, 3.05) is 13.2 Å². The van der Waals surface area contributed by atoms with Gasteiger partial charge in [0.15, 0.2) is 0 Å². The summed E-state index contributed by atoms with van der Waals surface area (Å²) in [6, 6.07) is 0. The SMILES string of the molecule is CCCCCCC1CCC(C2CC=C(COC(=O)OCC3=CCC(C4CCC(CCCCCC)CC4)CC3)CC2)CC1. The molecular weight excluding hydrogens is 516 g/mol. The third-order valence-corrected chi connectivity index (χ3v) is 11.9. The normalized spacial score (nSPS) is 30.3. The van der Waals surface area contributed by atoms with Gasteiger partial charge < -0.3 is 9.47 Å². The van der Waals surface area contributed by atoms with Gasteiger partial charge in [0.2, 0.25) is 0 Å². The lowest BCUT2D eigenvalue weighted by atomic mass is 9.70. The van der Waals surface area contributed by atoms with Crippen LogP contribution in [0.2, 0.25) is 0 Å². The quantitative estimate of drug-likeness (QED) is 0.103. The van der Waals surface area contributed by atoms with E-state index in [1.807, 2.05) is 0 Å². The van der Waals surface area contributed by atoms with E-state index in [-0.39, 0.29) is 0 Å². The van der Waals surface area contributed by atoms with Gasteiger partial charge in [-0.05, 0) is 111 Å². The first kappa shape index (κ1) is 33.6. The van der Waals surface area contributed by atoms with Crippen LogP contribution in [0.15, 0.2) is 23.3 Å². The van der Waals surface area contributed by atoms with Gasteiger partial charge in [0.05, 0.1) is 0 Å². The number of hydrogen-bond donors (Lipinski definition) is 0. The smallest absolute Gasteiger partial charge is 0.430 e. The molecular formula is C39H66O3. The second-order valence-corrected chi connectivity index (χ2v) is 14.9. The van der Waals surface area contributed by atoms with E-state index in [0.29, 0.717) is 13.2 Å². The minimum Gasteiger partial charge on any atom is -0.430 e. The van der Waals surface area contributed by atoms with Gasteiger partial charge in [-0.1, -0.05) is 116 Å². The molecule has 0 spiro atoms. The topological polar surface area (TPSA) is 35.5 Å². The molecule has 2 saturated carbocycles. The maximum Gasteiger partial charge on any atom is 0.508 e. The Morgan fingerprint density at radius 3 is 1.36 bits per heavy atom. The Kier molecular flexibility index (Phi) is 15.4. The van der Waals surface area contributed by atoms with Gasteiger partial charge in [-0.15, -0.1) is 0 Å². The first-order chi connectivity index (χ1) is 20.6. The van der Waals surface area contributed by atoms with Crippen molar-refractivity contribution in [3.8, 4) is 0 Å². The summed E-state index contributed by atoms with van der Waals surface area (Å²) in [6.45, 7) is 5.44. The first-order valence-electron chi connectivity index (χ1n) is 18.8. The van der Waals surface area contributed by atoms with Gasteiger partial charge in [-0.3, -0.25) is 0 Å². The molecule has 0 heterocycles. The zero-order chi connectivity index (χ0) is 29.4. The van der Waals surface area contributed by atoms with Crippen molar-refractivity contribution < 1.29 is 14.3 Å². The van der Waals surface area contributed by atoms with Crippen LogP contribution in [0.4, 0.5) is 4.79 Å². The molecule has 0 aliphatic heterocycles. The summed E-state index contributed by atoms with van der Waals surface area (Å²) in [5.74, 6) is 5.50. The predicted octanol–water partition coefficient (Wildman–Crippen LogP) is 12.1. The van der Waals surface area contributed by atoms with Crippen LogP contribution in [0.5, 0.6) is 0 Å². The van der Waals surface area contributed by atoms with E-state index < -0.39 is 6.16 Å². The number of ether oxygens (including phenoxy) is 2. The largest absolute Gasteiger partial charge is 0.508 e. The van der Waals surface area contributed by atoms with Crippen LogP contribution in [-0.2, 0) is 9.47 Å². The lowest BCUT2D eigenvalue weighted by Crippen LogP contribution is -2.24. The van der Waals surface area contributed by atoms with Crippen LogP contribution in [-0.4, -0.2) is 19.4 Å². The van der Waals surface area contributed by atoms with Crippen molar-refractivity contribution in [3.63, 3.8) is 0 Å². The highest BCUT2D eigenvalue weighted by atomic mass is 16.7. The molecule has 0 aromatic rings. The van der Waals surface area contributed by atoms with E-state index in [1.54, 1.807) is 0 Å². The predicted molar refractivity (Wildman–Crippen MR) is 177 cm³/mol. The summed E-state index contributed by atoms with van der Waals surface area (Å²) in [5.41, 5.74) is 2.59. The summed E-state index contributed by atoms with van der Waals surface area (Å²) < 4.78 is 11.1. The molecule has 2 fully saturated rings. The fraction of sp³-hybridized carbons (Fsp3) is 0.872. The molecule has 240 valence electrons. The van der Waals surface area contributed by atoms with Gasteiger partial charge in [0.25, 0.3) is 0 Å². The highest BCUT2D eigenvalue weighted by Gasteiger charge is 2.30. The van der Waals surface area contributed by atoms with Gasteiger partial charge in [0.1, 0.15) is 13.2 Å². The summed E-state index contributed by atoms with van der Waals surface area (Å²) in [6.07, 6.45) is 37.1. The van der Waals surface area contributed by atoms with Gasteiger partial charge in [-0.2, -0.15) is 0 Å². The number of carbonyl (C=O) groups is 1. The summed E-state index contributed by atoms with van der Waals surface area (Å²) in [4.78, 5) is 12.3. The maximum absolute atomic E-state index is 12.3. The molecule has 2 unspecified atom stereocenters. The van der Waals surface area contributed by atoms with Crippen LogP contribution in [0, 0.1) is 35.5 Å². The molecule has 0 amide bonds. The highest BCUT2D eigenvalue weighted by Crippen LogP contribution is 2.42. The Hall–Kier alpha value is -1.25. The zero-order valence-corrected chi connectivity index (χ0v) is 27.7. The fourth-order valence-electron chi connectivity index (χ4n) is 8.90. The third kappa shape index (κ3) is 11.7. The Bertz CT molecular complexity index is 745. The Labute approximate surface area is 260 Å². The number of carbonyl (C=O) groups excluding carboxylic acids is 1. The molecule has 42 heavy (non-hydrogen) atoms. The molecule has 3 nitrogen and oxygen atoms in total. The molecule has 4 aliphatic carbocycles. The van der Waals surface area contributed by atoms with Crippen molar-refractivity contribution in [1.82, 2.24) is 0 Å². The van der Waals surface area contributed by atoms with Crippen molar-refractivity contribution in [3.05, 3.63) is 23.3 Å². The summed E-state index contributed by atoms with van der Waals surface area (Å²) in [7, 11) is 0. The van der Waals surface area contributed by atoms with Crippen LogP contribution in [0.1, 0.15) is 168 Å². The van der Waals surface area contributed by atoms with E-state index in [4.69, 9.17) is 9.47 Å². The zero-order valence-electron chi connectivity index (χ0n) is 27.7. The Morgan fingerprint density at radius 2 is 1.00 bits per heavy atom. The van der Waals surface area contributed by atoms with Gasteiger partial charge in [-0.25, -0.2) is 4.79 Å².